The van der Waals surface area contributed by atoms with E-state index in [0.717, 1.165) is 12.8 Å². The second-order valence-electron chi connectivity index (χ2n) is 5.05. The van der Waals surface area contributed by atoms with Crippen LogP contribution in [0, 0.1) is 0 Å². The molecule has 1 heterocycles. The lowest BCUT2D eigenvalue weighted by atomic mass is 10.0. The van der Waals surface area contributed by atoms with Crippen LogP contribution in [0.25, 0.3) is 0 Å². The lowest BCUT2D eigenvalue weighted by Crippen LogP contribution is -2.27. The Morgan fingerprint density at radius 3 is 2.56 bits per heavy atom. The van der Waals surface area contributed by atoms with E-state index in [1.165, 1.54) is 43.4 Å². The zero-order valence-corrected chi connectivity index (χ0v) is 12.2. The first kappa shape index (κ1) is 15.2. The highest BCUT2D eigenvalue weighted by Crippen LogP contribution is 2.10. The third kappa shape index (κ3) is 5.63. The molecule has 0 spiro atoms. The van der Waals surface area contributed by atoms with Crippen LogP contribution in [0.5, 0.6) is 0 Å². The Hall–Kier alpha value is -0.890. The van der Waals surface area contributed by atoms with Crippen molar-refractivity contribution in [1.29, 1.82) is 0 Å². The van der Waals surface area contributed by atoms with Crippen molar-refractivity contribution >= 4 is 0 Å². The standard InChI is InChI=1S/C16H28N2/c1-4-6-7-8-9-15(17-3)12-16-11-10-14(5-2)13-18-16/h10-11,13,15,17H,4-9,12H2,1-3H3. The average molecular weight is 248 g/mol. The van der Waals surface area contributed by atoms with E-state index >= 15 is 0 Å². The van der Waals surface area contributed by atoms with E-state index in [1.54, 1.807) is 0 Å². The molecular formula is C16H28N2. The Labute approximate surface area is 112 Å². The molecule has 0 aliphatic heterocycles. The quantitative estimate of drug-likeness (QED) is 0.673. The number of pyridine rings is 1. The van der Waals surface area contributed by atoms with Gasteiger partial charge in [0.25, 0.3) is 0 Å². The highest BCUT2D eigenvalue weighted by Gasteiger charge is 2.07. The second-order valence-corrected chi connectivity index (χ2v) is 5.05. The van der Waals surface area contributed by atoms with Gasteiger partial charge in [0.1, 0.15) is 0 Å². The van der Waals surface area contributed by atoms with Crippen molar-refractivity contribution in [2.24, 2.45) is 0 Å². The number of nitrogens with one attached hydrogen (secondary N) is 1. The summed E-state index contributed by atoms with van der Waals surface area (Å²) < 4.78 is 0. The summed E-state index contributed by atoms with van der Waals surface area (Å²) in [7, 11) is 2.06. The molecule has 0 saturated carbocycles. The third-order valence-electron chi connectivity index (χ3n) is 3.56. The van der Waals surface area contributed by atoms with Crippen molar-refractivity contribution in [1.82, 2.24) is 10.3 Å². The van der Waals surface area contributed by atoms with Crippen molar-refractivity contribution in [2.75, 3.05) is 7.05 Å². The fourth-order valence-electron chi connectivity index (χ4n) is 2.20. The predicted molar refractivity (Wildman–Crippen MR) is 78.9 cm³/mol. The first-order valence-electron chi connectivity index (χ1n) is 7.41. The van der Waals surface area contributed by atoms with Crippen LogP contribution < -0.4 is 5.32 Å². The molecule has 18 heavy (non-hydrogen) atoms. The van der Waals surface area contributed by atoms with Gasteiger partial charge in [0.2, 0.25) is 0 Å². The Morgan fingerprint density at radius 2 is 2.00 bits per heavy atom. The largest absolute Gasteiger partial charge is 0.317 e. The third-order valence-corrected chi connectivity index (χ3v) is 3.56. The minimum Gasteiger partial charge on any atom is -0.317 e. The molecule has 2 heteroatoms. The van der Waals surface area contributed by atoms with Crippen molar-refractivity contribution in [3.8, 4) is 0 Å². The predicted octanol–water partition coefficient (Wildman–Crippen LogP) is 3.74. The van der Waals surface area contributed by atoms with Crippen LogP contribution in [0.1, 0.15) is 57.2 Å². The molecule has 0 aliphatic carbocycles. The summed E-state index contributed by atoms with van der Waals surface area (Å²) in [4.78, 5) is 4.54. The van der Waals surface area contributed by atoms with Gasteiger partial charge in [0.05, 0.1) is 0 Å². The molecule has 0 saturated heterocycles. The highest BCUT2D eigenvalue weighted by atomic mass is 14.9. The summed E-state index contributed by atoms with van der Waals surface area (Å²) in [5.74, 6) is 0. The highest BCUT2D eigenvalue weighted by molar-refractivity contribution is 5.14. The Morgan fingerprint density at radius 1 is 1.17 bits per heavy atom. The van der Waals surface area contributed by atoms with Gasteiger partial charge in [0.15, 0.2) is 0 Å². The van der Waals surface area contributed by atoms with Crippen LogP contribution >= 0.6 is 0 Å². The lowest BCUT2D eigenvalue weighted by molar-refractivity contribution is 0.481. The van der Waals surface area contributed by atoms with Gasteiger partial charge in [-0.15, -0.1) is 0 Å². The van der Waals surface area contributed by atoms with Crippen molar-refractivity contribution in [2.45, 2.75) is 64.8 Å². The number of likely N-dealkylation sites (N-methyl/N-ethyl adjacent to an activating group) is 1. The number of hydrogen-bond donors (Lipinski definition) is 1. The van der Waals surface area contributed by atoms with Gasteiger partial charge in [-0.05, 0) is 31.5 Å². The molecule has 102 valence electrons. The van der Waals surface area contributed by atoms with E-state index in [-0.39, 0.29) is 0 Å². The van der Waals surface area contributed by atoms with Gasteiger partial charge in [0, 0.05) is 24.4 Å². The zero-order chi connectivity index (χ0) is 13.2. The number of unbranched alkanes of at least 4 members (excludes halogenated alkanes) is 3. The van der Waals surface area contributed by atoms with E-state index in [9.17, 15) is 0 Å². The van der Waals surface area contributed by atoms with Gasteiger partial charge >= 0.3 is 0 Å². The van der Waals surface area contributed by atoms with Crippen LogP contribution in [-0.2, 0) is 12.8 Å². The van der Waals surface area contributed by atoms with Crippen LogP contribution in [0.3, 0.4) is 0 Å². The summed E-state index contributed by atoms with van der Waals surface area (Å²) in [6.45, 7) is 4.43. The van der Waals surface area contributed by atoms with E-state index in [0.29, 0.717) is 6.04 Å². The molecule has 0 radical (unpaired) electrons. The summed E-state index contributed by atoms with van der Waals surface area (Å²) >= 11 is 0. The van der Waals surface area contributed by atoms with E-state index in [2.05, 4.69) is 43.3 Å². The van der Waals surface area contributed by atoms with Crippen LogP contribution in [0.2, 0.25) is 0 Å². The fraction of sp³-hybridized carbons (Fsp3) is 0.688. The van der Waals surface area contributed by atoms with E-state index < -0.39 is 0 Å². The Balaban J connectivity index is 2.36. The summed E-state index contributed by atoms with van der Waals surface area (Å²) in [5, 5.41) is 3.42. The molecule has 1 atom stereocenters. The van der Waals surface area contributed by atoms with Gasteiger partial charge in [-0.1, -0.05) is 45.6 Å². The molecular weight excluding hydrogens is 220 g/mol. The summed E-state index contributed by atoms with van der Waals surface area (Å²) in [6, 6.07) is 4.95. The topological polar surface area (TPSA) is 24.9 Å². The second kappa shape index (κ2) is 9.09. The first-order valence-corrected chi connectivity index (χ1v) is 7.41. The minimum absolute atomic E-state index is 0.571. The molecule has 0 aromatic carbocycles. The molecule has 0 amide bonds. The monoisotopic (exact) mass is 248 g/mol. The number of nitrogens with zero attached hydrogens (tertiary/aromatic N) is 1. The van der Waals surface area contributed by atoms with E-state index in [1.807, 2.05) is 6.20 Å². The minimum atomic E-state index is 0.571. The summed E-state index contributed by atoms with van der Waals surface area (Å²) in [5.41, 5.74) is 2.53. The molecule has 1 aromatic heterocycles. The first-order chi connectivity index (χ1) is 8.80. The molecule has 0 bridgehead atoms. The van der Waals surface area contributed by atoms with Crippen LogP contribution in [0.4, 0.5) is 0 Å². The molecule has 2 nitrogen and oxygen atoms in total. The number of hydrogen-bond acceptors (Lipinski definition) is 2. The number of rotatable bonds is 9. The number of aromatic nitrogens is 1. The number of aryl methyl sites for hydroxylation is 1. The van der Waals surface area contributed by atoms with Crippen molar-refractivity contribution in [3.05, 3.63) is 29.6 Å². The molecule has 1 rings (SSSR count). The van der Waals surface area contributed by atoms with Crippen molar-refractivity contribution in [3.63, 3.8) is 0 Å². The Kier molecular flexibility index (Phi) is 7.66. The van der Waals surface area contributed by atoms with Gasteiger partial charge in [-0.2, -0.15) is 0 Å². The SMILES string of the molecule is CCCCCCC(Cc1ccc(CC)cn1)NC. The average Bonchev–Trinajstić information content (AvgIpc) is 2.43. The van der Waals surface area contributed by atoms with E-state index in [4.69, 9.17) is 0 Å². The molecule has 1 unspecified atom stereocenters. The fourth-order valence-corrected chi connectivity index (χ4v) is 2.20. The maximum atomic E-state index is 4.54. The lowest BCUT2D eigenvalue weighted by Gasteiger charge is -2.15. The normalized spacial score (nSPS) is 12.6. The maximum absolute atomic E-state index is 4.54. The smallest absolute Gasteiger partial charge is 0.0419 e. The molecule has 1 N–H and O–H groups in total. The van der Waals surface area contributed by atoms with Gasteiger partial charge in [-0.25, -0.2) is 0 Å². The Bertz CT molecular complexity index is 305. The molecule has 0 fully saturated rings. The zero-order valence-electron chi connectivity index (χ0n) is 12.2. The van der Waals surface area contributed by atoms with Gasteiger partial charge < -0.3 is 5.32 Å². The van der Waals surface area contributed by atoms with Crippen LogP contribution in [0.15, 0.2) is 18.3 Å². The molecule has 1 aromatic rings. The maximum Gasteiger partial charge on any atom is 0.0419 e. The summed E-state index contributed by atoms with van der Waals surface area (Å²) in [6.07, 6.45) is 10.7. The van der Waals surface area contributed by atoms with Crippen LogP contribution in [-0.4, -0.2) is 18.1 Å². The van der Waals surface area contributed by atoms with Gasteiger partial charge in [-0.3, -0.25) is 4.98 Å². The van der Waals surface area contributed by atoms with Crippen molar-refractivity contribution < 1.29 is 0 Å². The molecule has 0 aliphatic rings.